The first-order valence-electron chi connectivity index (χ1n) is 4.93. The summed E-state index contributed by atoms with van der Waals surface area (Å²) in [6.45, 7) is 0. The second-order valence-corrected chi connectivity index (χ2v) is 3.51. The molecule has 0 saturated heterocycles. The topological polar surface area (TPSA) is 55.5 Å². The Bertz CT molecular complexity index is 509. The van der Waals surface area contributed by atoms with Gasteiger partial charge in [-0.15, -0.1) is 0 Å². The molecule has 3 N–H and O–H groups in total. The lowest BCUT2D eigenvalue weighted by molar-refractivity contribution is 0.416. The average molecular weight is 215 g/mol. The number of methoxy groups -OCH3 is 1. The van der Waals surface area contributed by atoms with Crippen molar-refractivity contribution in [3.8, 4) is 22.6 Å². The van der Waals surface area contributed by atoms with Crippen molar-refractivity contribution in [1.29, 1.82) is 0 Å². The first-order chi connectivity index (χ1) is 7.70. The van der Waals surface area contributed by atoms with Crippen LogP contribution in [0.25, 0.3) is 11.1 Å². The number of hydrogen-bond donors (Lipinski definition) is 2. The molecule has 0 aliphatic carbocycles. The van der Waals surface area contributed by atoms with Crippen LogP contribution in [0, 0.1) is 0 Å². The Morgan fingerprint density at radius 3 is 2.62 bits per heavy atom. The van der Waals surface area contributed by atoms with Gasteiger partial charge in [0.15, 0.2) is 0 Å². The van der Waals surface area contributed by atoms with Crippen molar-refractivity contribution in [1.82, 2.24) is 0 Å². The smallest absolute Gasteiger partial charge is 0.128 e. The van der Waals surface area contributed by atoms with Crippen molar-refractivity contribution in [3.05, 3.63) is 42.5 Å². The van der Waals surface area contributed by atoms with Crippen LogP contribution in [0.2, 0.25) is 0 Å². The predicted molar refractivity (Wildman–Crippen MR) is 64.5 cm³/mol. The standard InChI is InChI=1S/C13H13NO2/c1-16-13-8-10(14)5-6-12(13)9-3-2-4-11(15)7-9/h2-8,15H,14H2,1H3. The highest BCUT2D eigenvalue weighted by Crippen LogP contribution is 2.32. The Morgan fingerprint density at radius 1 is 1.12 bits per heavy atom. The zero-order valence-electron chi connectivity index (χ0n) is 8.97. The molecule has 3 nitrogen and oxygen atoms in total. The van der Waals surface area contributed by atoms with Crippen molar-refractivity contribution in [2.24, 2.45) is 0 Å². The minimum absolute atomic E-state index is 0.233. The number of nitrogens with two attached hydrogens (primary N) is 1. The maximum absolute atomic E-state index is 9.43. The number of rotatable bonds is 2. The van der Waals surface area contributed by atoms with Gasteiger partial charge in [0.1, 0.15) is 11.5 Å². The third kappa shape index (κ3) is 1.93. The monoisotopic (exact) mass is 215 g/mol. The maximum Gasteiger partial charge on any atom is 0.128 e. The van der Waals surface area contributed by atoms with Gasteiger partial charge < -0.3 is 15.6 Å². The van der Waals surface area contributed by atoms with Crippen LogP contribution in [0.4, 0.5) is 5.69 Å². The Kier molecular flexibility index (Phi) is 2.68. The molecule has 0 bridgehead atoms. The normalized spacial score (nSPS) is 10.1. The summed E-state index contributed by atoms with van der Waals surface area (Å²) in [6.07, 6.45) is 0. The Labute approximate surface area is 94.1 Å². The first kappa shape index (κ1) is 10.4. The second-order valence-electron chi connectivity index (χ2n) is 3.51. The molecule has 2 aromatic rings. The molecule has 0 unspecified atom stereocenters. The lowest BCUT2D eigenvalue weighted by Crippen LogP contribution is -1.91. The summed E-state index contributed by atoms with van der Waals surface area (Å²) in [7, 11) is 1.60. The van der Waals surface area contributed by atoms with Gasteiger partial charge in [0.05, 0.1) is 7.11 Å². The molecule has 2 rings (SSSR count). The highest BCUT2D eigenvalue weighted by atomic mass is 16.5. The SMILES string of the molecule is COc1cc(N)ccc1-c1cccc(O)c1. The van der Waals surface area contributed by atoms with Crippen LogP contribution in [-0.2, 0) is 0 Å². The van der Waals surface area contributed by atoms with E-state index in [9.17, 15) is 5.11 Å². The maximum atomic E-state index is 9.43. The molecule has 0 saturated carbocycles. The quantitative estimate of drug-likeness (QED) is 0.757. The fourth-order valence-electron chi connectivity index (χ4n) is 1.62. The summed E-state index contributed by atoms with van der Waals surface area (Å²) >= 11 is 0. The van der Waals surface area contributed by atoms with E-state index in [2.05, 4.69) is 0 Å². The lowest BCUT2D eigenvalue weighted by atomic mass is 10.0. The van der Waals surface area contributed by atoms with Gasteiger partial charge in [-0.25, -0.2) is 0 Å². The fourth-order valence-corrected chi connectivity index (χ4v) is 1.62. The van der Waals surface area contributed by atoms with E-state index in [4.69, 9.17) is 10.5 Å². The zero-order chi connectivity index (χ0) is 11.5. The summed E-state index contributed by atoms with van der Waals surface area (Å²) in [5.41, 5.74) is 8.14. The lowest BCUT2D eigenvalue weighted by Gasteiger charge is -2.09. The summed E-state index contributed by atoms with van der Waals surface area (Å²) in [4.78, 5) is 0. The number of ether oxygens (including phenoxy) is 1. The third-order valence-electron chi connectivity index (χ3n) is 2.38. The Balaban J connectivity index is 2.55. The molecule has 2 aromatic carbocycles. The van der Waals surface area contributed by atoms with E-state index >= 15 is 0 Å². The molecule has 0 heterocycles. The molecule has 3 heteroatoms. The van der Waals surface area contributed by atoms with E-state index in [0.717, 1.165) is 11.1 Å². The van der Waals surface area contributed by atoms with Crippen LogP contribution in [-0.4, -0.2) is 12.2 Å². The summed E-state index contributed by atoms with van der Waals surface area (Å²) in [5, 5.41) is 9.43. The number of hydrogen-bond acceptors (Lipinski definition) is 3. The molecular weight excluding hydrogens is 202 g/mol. The van der Waals surface area contributed by atoms with Gasteiger partial charge in [-0.3, -0.25) is 0 Å². The van der Waals surface area contributed by atoms with Gasteiger partial charge >= 0.3 is 0 Å². The van der Waals surface area contributed by atoms with E-state index in [-0.39, 0.29) is 5.75 Å². The molecular formula is C13H13NO2. The van der Waals surface area contributed by atoms with Crippen molar-refractivity contribution in [3.63, 3.8) is 0 Å². The molecule has 0 radical (unpaired) electrons. The molecule has 0 atom stereocenters. The van der Waals surface area contributed by atoms with E-state index in [0.29, 0.717) is 11.4 Å². The number of nitrogen functional groups attached to an aromatic ring is 1. The molecule has 0 spiro atoms. The minimum atomic E-state index is 0.233. The molecule has 0 aliphatic heterocycles. The average Bonchev–Trinajstić information content (AvgIpc) is 2.28. The molecule has 16 heavy (non-hydrogen) atoms. The predicted octanol–water partition coefficient (Wildman–Crippen LogP) is 2.65. The summed E-state index contributed by atoms with van der Waals surface area (Å²) < 4.78 is 5.26. The highest BCUT2D eigenvalue weighted by molar-refractivity contribution is 5.73. The molecule has 0 aliphatic rings. The van der Waals surface area contributed by atoms with Gasteiger partial charge in [-0.05, 0) is 29.8 Å². The van der Waals surface area contributed by atoms with Gasteiger partial charge in [0.2, 0.25) is 0 Å². The van der Waals surface area contributed by atoms with E-state index in [1.54, 1.807) is 31.4 Å². The zero-order valence-corrected chi connectivity index (χ0v) is 8.97. The van der Waals surface area contributed by atoms with Crippen LogP contribution in [0.3, 0.4) is 0 Å². The van der Waals surface area contributed by atoms with Crippen molar-refractivity contribution < 1.29 is 9.84 Å². The minimum Gasteiger partial charge on any atom is -0.508 e. The molecule has 0 aromatic heterocycles. The van der Waals surface area contributed by atoms with Gasteiger partial charge in [-0.1, -0.05) is 12.1 Å². The van der Waals surface area contributed by atoms with Gasteiger partial charge in [0.25, 0.3) is 0 Å². The largest absolute Gasteiger partial charge is 0.508 e. The Hall–Kier alpha value is -2.16. The van der Waals surface area contributed by atoms with Crippen molar-refractivity contribution >= 4 is 5.69 Å². The van der Waals surface area contributed by atoms with Crippen molar-refractivity contribution in [2.45, 2.75) is 0 Å². The number of phenolic OH excluding ortho intramolecular Hbond substituents is 1. The Morgan fingerprint density at radius 2 is 1.94 bits per heavy atom. The number of aromatic hydroxyl groups is 1. The molecule has 0 amide bonds. The van der Waals surface area contributed by atoms with Crippen LogP contribution >= 0.6 is 0 Å². The van der Waals surface area contributed by atoms with Gasteiger partial charge in [0, 0.05) is 17.3 Å². The van der Waals surface area contributed by atoms with Crippen LogP contribution in [0.1, 0.15) is 0 Å². The van der Waals surface area contributed by atoms with Crippen LogP contribution in [0.15, 0.2) is 42.5 Å². The van der Waals surface area contributed by atoms with Crippen LogP contribution < -0.4 is 10.5 Å². The van der Waals surface area contributed by atoms with Gasteiger partial charge in [-0.2, -0.15) is 0 Å². The molecule has 0 fully saturated rings. The molecule has 82 valence electrons. The second kappa shape index (κ2) is 4.14. The first-order valence-corrected chi connectivity index (χ1v) is 4.93. The summed E-state index contributed by atoms with van der Waals surface area (Å²) in [6, 6.07) is 12.5. The van der Waals surface area contributed by atoms with E-state index in [1.807, 2.05) is 18.2 Å². The van der Waals surface area contributed by atoms with Crippen LogP contribution in [0.5, 0.6) is 11.5 Å². The number of phenols is 1. The van der Waals surface area contributed by atoms with Crippen molar-refractivity contribution in [2.75, 3.05) is 12.8 Å². The summed E-state index contributed by atoms with van der Waals surface area (Å²) in [5.74, 6) is 0.932. The van der Waals surface area contributed by atoms with E-state index in [1.165, 1.54) is 0 Å². The third-order valence-corrected chi connectivity index (χ3v) is 2.38. The number of benzene rings is 2. The fraction of sp³-hybridized carbons (Fsp3) is 0.0769. The van der Waals surface area contributed by atoms with E-state index < -0.39 is 0 Å². The highest BCUT2D eigenvalue weighted by Gasteiger charge is 2.06. The number of anilines is 1.